The first kappa shape index (κ1) is 13.6. The van der Waals surface area contributed by atoms with Gasteiger partial charge in [-0.1, -0.05) is 13.0 Å². The Hall–Kier alpha value is -1.81. The highest BCUT2D eigenvalue weighted by Crippen LogP contribution is 2.07. The SMILES string of the molecule is CCCn1cccc1CNCc1ccc(OC)nc1. The lowest BCUT2D eigenvalue weighted by Crippen LogP contribution is -2.15. The van der Waals surface area contributed by atoms with E-state index in [9.17, 15) is 0 Å². The third-order valence-electron chi connectivity index (χ3n) is 3.03. The molecule has 0 amide bonds. The van der Waals surface area contributed by atoms with Crippen molar-refractivity contribution in [3.8, 4) is 5.88 Å². The van der Waals surface area contributed by atoms with Crippen LogP contribution in [-0.4, -0.2) is 16.7 Å². The Balaban J connectivity index is 1.83. The van der Waals surface area contributed by atoms with Crippen molar-refractivity contribution in [3.63, 3.8) is 0 Å². The van der Waals surface area contributed by atoms with Gasteiger partial charge in [-0.3, -0.25) is 0 Å². The zero-order valence-corrected chi connectivity index (χ0v) is 11.6. The minimum Gasteiger partial charge on any atom is -0.481 e. The zero-order valence-electron chi connectivity index (χ0n) is 11.6. The minimum absolute atomic E-state index is 0.653. The van der Waals surface area contributed by atoms with Crippen LogP contribution in [0.15, 0.2) is 36.7 Å². The summed E-state index contributed by atoms with van der Waals surface area (Å²) < 4.78 is 7.33. The molecule has 0 spiro atoms. The summed E-state index contributed by atoms with van der Waals surface area (Å²) in [5, 5.41) is 3.44. The molecular weight excluding hydrogens is 238 g/mol. The van der Waals surface area contributed by atoms with E-state index in [1.54, 1.807) is 7.11 Å². The summed E-state index contributed by atoms with van der Waals surface area (Å²) in [6, 6.07) is 8.18. The fourth-order valence-corrected chi connectivity index (χ4v) is 2.04. The maximum Gasteiger partial charge on any atom is 0.212 e. The van der Waals surface area contributed by atoms with Crippen molar-refractivity contribution in [3.05, 3.63) is 47.9 Å². The Morgan fingerprint density at radius 1 is 1.26 bits per heavy atom. The average molecular weight is 259 g/mol. The normalized spacial score (nSPS) is 10.6. The Labute approximate surface area is 114 Å². The van der Waals surface area contributed by atoms with Gasteiger partial charge in [0.2, 0.25) is 5.88 Å². The van der Waals surface area contributed by atoms with Gasteiger partial charge in [0.05, 0.1) is 7.11 Å². The molecule has 102 valence electrons. The number of aromatic nitrogens is 2. The van der Waals surface area contributed by atoms with Crippen LogP contribution in [0.2, 0.25) is 0 Å². The first-order chi connectivity index (χ1) is 9.33. The van der Waals surface area contributed by atoms with Crippen LogP contribution in [0.1, 0.15) is 24.6 Å². The van der Waals surface area contributed by atoms with Gasteiger partial charge in [-0.15, -0.1) is 0 Å². The van der Waals surface area contributed by atoms with Crippen molar-refractivity contribution in [2.75, 3.05) is 7.11 Å². The molecule has 0 fully saturated rings. The molecule has 0 atom stereocenters. The van der Waals surface area contributed by atoms with E-state index in [4.69, 9.17) is 4.74 Å². The second-order valence-electron chi connectivity index (χ2n) is 4.51. The largest absolute Gasteiger partial charge is 0.481 e. The zero-order chi connectivity index (χ0) is 13.5. The highest BCUT2D eigenvalue weighted by atomic mass is 16.5. The van der Waals surface area contributed by atoms with Crippen LogP contribution in [0.4, 0.5) is 0 Å². The van der Waals surface area contributed by atoms with Gasteiger partial charge in [-0.25, -0.2) is 4.98 Å². The highest BCUT2D eigenvalue weighted by molar-refractivity contribution is 5.17. The molecule has 0 radical (unpaired) electrons. The molecule has 0 unspecified atom stereocenters. The molecule has 0 saturated carbocycles. The lowest BCUT2D eigenvalue weighted by atomic mass is 10.3. The van der Waals surface area contributed by atoms with Gasteiger partial charge >= 0.3 is 0 Å². The van der Waals surface area contributed by atoms with Crippen molar-refractivity contribution < 1.29 is 4.74 Å². The highest BCUT2D eigenvalue weighted by Gasteiger charge is 2.00. The van der Waals surface area contributed by atoms with Crippen LogP contribution < -0.4 is 10.1 Å². The number of ether oxygens (including phenoxy) is 1. The van der Waals surface area contributed by atoms with Gasteiger partial charge < -0.3 is 14.6 Å². The maximum absolute atomic E-state index is 5.04. The van der Waals surface area contributed by atoms with E-state index in [1.165, 1.54) is 5.69 Å². The van der Waals surface area contributed by atoms with E-state index in [0.717, 1.165) is 31.6 Å². The van der Waals surface area contributed by atoms with E-state index in [-0.39, 0.29) is 0 Å². The predicted octanol–water partition coefficient (Wildman–Crippen LogP) is 2.59. The van der Waals surface area contributed by atoms with E-state index in [2.05, 4.69) is 40.1 Å². The monoisotopic (exact) mass is 259 g/mol. The molecule has 19 heavy (non-hydrogen) atoms. The molecule has 4 nitrogen and oxygen atoms in total. The summed E-state index contributed by atoms with van der Waals surface area (Å²) in [6.07, 6.45) is 5.14. The van der Waals surface area contributed by atoms with Gasteiger partial charge in [0.15, 0.2) is 0 Å². The van der Waals surface area contributed by atoms with Gasteiger partial charge in [-0.05, 0) is 24.1 Å². The Morgan fingerprint density at radius 3 is 2.84 bits per heavy atom. The van der Waals surface area contributed by atoms with Crippen LogP contribution in [0.25, 0.3) is 0 Å². The fourth-order valence-electron chi connectivity index (χ4n) is 2.04. The summed E-state index contributed by atoms with van der Waals surface area (Å²) in [5.41, 5.74) is 2.48. The molecule has 0 saturated heterocycles. The predicted molar refractivity (Wildman–Crippen MR) is 76.1 cm³/mol. The Bertz CT molecular complexity index is 490. The van der Waals surface area contributed by atoms with Crippen molar-refractivity contribution >= 4 is 0 Å². The summed E-state index contributed by atoms with van der Waals surface area (Å²) in [4.78, 5) is 4.19. The number of pyridine rings is 1. The van der Waals surface area contributed by atoms with Crippen LogP contribution >= 0.6 is 0 Å². The third-order valence-corrected chi connectivity index (χ3v) is 3.03. The number of aryl methyl sites for hydroxylation is 1. The quantitative estimate of drug-likeness (QED) is 0.830. The van der Waals surface area contributed by atoms with Crippen LogP contribution in [-0.2, 0) is 19.6 Å². The maximum atomic E-state index is 5.04. The molecule has 2 heterocycles. The number of nitrogens with one attached hydrogen (secondary N) is 1. The lowest BCUT2D eigenvalue weighted by Gasteiger charge is -2.09. The minimum atomic E-state index is 0.653. The summed E-state index contributed by atoms with van der Waals surface area (Å²) >= 11 is 0. The lowest BCUT2D eigenvalue weighted by molar-refractivity contribution is 0.397. The first-order valence-corrected chi connectivity index (χ1v) is 6.67. The standard InChI is InChI=1S/C15H21N3O/c1-3-8-18-9-4-5-14(18)12-16-10-13-6-7-15(19-2)17-11-13/h4-7,9,11,16H,3,8,10,12H2,1-2H3. The van der Waals surface area contributed by atoms with Crippen molar-refractivity contribution in [2.24, 2.45) is 0 Å². The Kier molecular flexibility index (Phi) is 4.98. The van der Waals surface area contributed by atoms with Crippen molar-refractivity contribution in [2.45, 2.75) is 33.0 Å². The van der Waals surface area contributed by atoms with Crippen LogP contribution in [0.3, 0.4) is 0 Å². The number of nitrogens with zero attached hydrogens (tertiary/aromatic N) is 2. The molecule has 4 heteroatoms. The second-order valence-corrected chi connectivity index (χ2v) is 4.51. The summed E-state index contributed by atoms with van der Waals surface area (Å²) in [5.74, 6) is 0.653. The van der Waals surface area contributed by atoms with E-state index < -0.39 is 0 Å². The van der Waals surface area contributed by atoms with Crippen LogP contribution in [0.5, 0.6) is 5.88 Å². The summed E-state index contributed by atoms with van der Waals surface area (Å²) in [7, 11) is 1.63. The van der Waals surface area contributed by atoms with E-state index >= 15 is 0 Å². The van der Waals surface area contributed by atoms with Crippen molar-refractivity contribution in [1.29, 1.82) is 0 Å². The molecule has 0 aliphatic rings. The van der Waals surface area contributed by atoms with Gasteiger partial charge in [0, 0.05) is 43.8 Å². The second kappa shape index (κ2) is 6.95. The van der Waals surface area contributed by atoms with E-state index in [1.807, 2.05) is 18.3 Å². The van der Waals surface area contributed by atoms with E-state index in [0.29, 0.717) is 5.88 Å². The number of hydrogen-bond donors (Lipinski definition) is 1. The van der Waals surface area contributed by atoms with Gasteiger partial charge in [0.25, 0.3) is 0 Å². The number of rotatable bonds is 7. The van der Waals surface area contributed by atoms with Crippen molar-refractivity contribution in [1.82, 2.24) is 14.9 Å². The molecule has 1 N–H and O–H groups in total. The molecule has 0 bridgehead atoms. The third kappa shape index (κ3) is 3.83. The first-order valence-electron chi connectivity index (χ1n) is 6.67. The molecule has 2 rings (SSSR count). The molecule has 0 aromatic carbocycles. The average Bonchev–Trinajstić information content (AvgIpc) is 2.88. The smallest absolute Gasteiger partial charge is 0.212 e. The number of methoxy groups -OCH3 is 1. The van der Waals surface area contributed by atoms with Gasteiger partial charge in [-0.2, -0.15) is 0 Å². The summed E-state index contributed by atoms with van der Waals surface area (Å²) in [6.45, 7) is 4.96. The molecule has 2 aromatic heterocycles. The van der Waals surface area contributed by atoms with Gasteiger partial charge in [0.1, 0.15) is 0 Å². The molecule has 0 aliphatic heterocycles. The molecular formula is C15H21N3O. The number of hydrogen-bond acceptors (Lipinski definition) is 3. The molecule has 2 aromatic rings. The Morgan fingerprint density at radius 2 is 2.16 bits per heavy atom. The topological polar surface area (TPSA) is 39.1 Å². The molecule has 0 aliphatic carbocycles. The fraction of sp³-hybridized carbons (Fsp3) is 0.400. The van der Waals surface area contributed by atoms with Crippen LogP contribution in [0, 0.1) is 0 Å².